The number of pyridine rings is 1. The molecule has 0 saturated carbocycles. The van der Waals surface area contributed by atoms with Crippen molar-refractivity contribution in [3.05, 3.63) is 54.4 Å². The van der Waals surface area contributed by atoms with Crippen molar-refractivity contribution >= 4 is 5.91 Å². The summed E-state index contributed by atoms with van der Waals surface area (Å²) in [4.78, 5) is 18.1. The Morgan fingerprint density at radius 1 is 1.10 bits per heavy atom. The van der Waals surface area contributed by atoms with Crippen LogP contribution in [0.5, 0.6) is 0 Å². The highest BCUT2D eigenvalue weighted by Crippen LogP contribution is 2.17. The molecule has 104 valence electrons. The fourth-order valence-electron chi connectivity index (χ4n) is 1.81. The predicted molar refractivity (Wildman–Crippen MR) is 80.6 cm³/mol. The van der Waals surface area contributed by atoms with Crippen molar-refractivity contribution in [1.29, 1.82) is 0 Å². The summed E-state index contributed by atoms with van der Waals surface area (Å²) in [5.74, 6) is -0.133. The van der Waals surface area contributed by atoms with E-state index in [4.69, 9.17) is 0 Å². The van der Waals surface area contributed by atoms with Gasteiger partial charge in [-0.25, -0.2) is 0 Å². The monoisotopic (exact) mass is 269 g/mol. The highest BCUT2D eigenvalue weighted by Gasteiger charge is 2.06. The number of amides is 1. The molecule has 0 radical (unpaired) electrons. The molecule has 1 amide bonds. The number of rotatable bonds is 5. The van der Waals surface area contributed by atoms with Crippen LogP contribution >= 0.6 is 0 Å². The van der Waals surface area contributed by atoms with Gasteiger partial charge < -0.3 is 10.2 Å². The summed E-state index contributed by atoms with van der Waals surface area (Å²) in [5, 5.41) is 2.85. The summed E-state index contributed by atoms with van der Waals surface area (Å²) in [7, 11) is 3.94. The average Bonchev–Trinajstić information content (AvgIpc) is 2.48. The van der Waals surface area contributed by atoms with Gasteiger partial charge in [-0.15, -0.1) is 0 Å². The molecule has 0 aliphatic rings. The molecule has 1 aromatic carbocycles. The standard InChI is InChI=1S/C16H19N3O/c1-19(2)11-10-17-16(20)15-9-8-14(12-18-15)13-6-4-3-5-7-13/h3-9,12H,10-11H2,1-2H3,(H,17,20). The smallest absolute Gasteiger partial charge is 0.269 e. The fourth-order valence-corrected chi connectivity index (χ4v) is 1.81. The minimum atomic E-state index is -0.133. The number of likely N-dealkylation sites (N-methyl/N-ethyl adjacent to an activating group) is 1. The van der Waals surface area contributed by atoms with Crippen molar-refractivity contribution in [2.45, 2.75) is 0 Å². The molecular weight excluding hydrogens is 250 g/mol. The van der Waals surface area contributed by atoms with E-state index in [1.165, 1.54) is 0 Å². The van der Waals surface area contributed by atoms with Crippen LogP contribution in [-0.2, 0) is 0 Å². The highest BCUT2D eigenvalue weighted by atomic mass is 16.1. The number of benzene rings is 1. The quantitative estimate of drug-likeness (QED) is 0.903. The van der Waals surface area contributed by atoms with Crippen LogP contribution in [0.25, 0.3) is 11.1 Å². The molecule has 0 unspecified atom stereocenters. The van der Waals surface area contributed by atoms with E-state index in [-0.39, 0.29) is 5.91 Å². The van der Waals surface area contributed by atoms with Crippen LogP contribution in [0.2, 0.25) is 0 Å². The van der Waals surface area contributed by atoms with Gasteiger partial charge in [-0.3, -0.25) is 9.78 Å². The van der Waals surface area contributed by atoms with E-state index >= 15 is 0 Å². The van der Waals surface area contributed by atoms with Crippen molar-refractivity contribution in [3.63, 3.8) is 0 Å². The van der Waals surface area contributed by atoms with E-state index in [1.54, 1.807) is 12.3 Å². The Morgan fingerprint density at radius 2 is 1.85 bits per heavy atom. The molecule has 2 rings (SSSR count). The van der Waals surface area contributed by atoms with Crippen molar-refractivity contribution in [3.8, 4) is 11.1 Å². The number of hydrogen-bond acceptors (Lipinski definition) is 3. The zero-order valence-electron chi connectivity index (χ0n) is 11.8. The maximum atomic E-state index is 11.9. The summed E-state index contributed by atoms with van der Waals surface area (Å²) in [5.41, 5.74) is 2.55. The number of nitrogens with one attached hydrogen (secondary N) is 1. The van der Waals surface area contributed by atoms with Gasteiger partial charge in [0, 0.05) is 24.8 Å². The van der Waals surface area contributed by atoms with Crippen molar-refractivity contribution in [1.82, 2.24) is 15.2 Å². The molecule has 0 saturated heterocycles. The minimum absolute atomic E-state index is 0.133. The lowest BCUT2D eigenvalue weighted by atomic mass is 10.1. The molecule has 0 aliphatic heterocycles. The zero-order valence-corrected chi connectivity index (χ0v) is 11.8. The number of carbonyl (C=O) groups is 1. The van der Waals surface area contributed by atoms with Gasteiger partial charge >= 0.3 is 0 Å². The predicted octanol–water partition coefficient (Wildman–Crippen LogP) is 2.04. The van der Waals surface area contributed by atoms with Crippen LogP contribution in [-0.4, -0.2) is 43.0 Å². The summed E-state index contributed by atoms with van der Waals surface area (Å²) in [6, 6.07) is 13.7. The average molecular weight is 269 g/mol. The van der Waals surface area contributed by atoms with Crippen molar-refractivity contribution in [2.75, 3.05) is 27.2 Å². The van der Waals surface area contributed by atoms with E-state index < -0.39 is 0 Å². The van der Waals surface area contributed by atoms with Gasteiger partial charge in [0.2, 0.25) is 0 Å². The van der Waals surface area contributed by atoms with Crippen LogP contribution in [0.4, 0.5) is 0 Å². The molecule has 0 fully saturated rings. The summed E-state index contributed by atoms with van der Waals surface area (Å²) < 4.78 is 0. The van der Waals surface area contributed by atoms with Crippen LogP contribution in [0.3, 0.4) is 0 Å². The molecule has 1 N–H and O–H groups in total. The third-order valence-electron chi connectivity index (χ3n) is 2.95. The summed E-state index contributed by atoms with van der Waals surface area (Å²) in [6.07, 6.45) is 1.73. The highest BCUT2D eigenvalue weighted by molar-refractivity contribution is 5.92. The Hall–Kier alpha value is -2.20. The lowest BCUT2D eigenvalue weighted by molar-refractivity contribution is 0.0946. The van der Waals surface area contributed by atoms with E-state index in [1.807, 2.05) is 55.4 Å². The van der Waals surface area contributed by atoms with E-state index in [9.17, 15) is 4.79 Å². The number of aromatic nitrogens is 1. The minimum Gasteiger partial charge on any atom is -0.349 e. The van der Waals surface area contributed by atoms with E-state index in [2.05, 4.69) is 10.3 Å². The first-order chi connectivity index (χ1) is 9.66. The third kappa shape index (κ3) is 3.90. The van der Waals surface area contributed by atoms with E-state index in [0.717, 1.165) is 17.7 Å². The van der Waals surface area contributed by atoms with Gasteiger partial charge in [-0.1, -0.05) is 36.4 Å². The molecule has 1 aromatic heterocycles. The molecule has 4 heteroatoms. The first-order valence-corrected chi connectivity index (χ1v) is 6.61. The number of carbonyl (C=O) groups excluding carboxylic acids is 1. The molecule has 1 heterocycles. The molecule has 0 aliphatic carbocycles. The second-order valence-corrected chi connectivity index (χ2v) is 4.86. The molecule has 0 spiro atoms. The summed E-state index contributed by atoms with van der Waals surface area (Å²) in [6.45, 7) is 1.43. The Labute approximate surface area is 119 Å². The van der Waals surface area contributed by atoms with Gasteiger partial charge in [-0.05, 0) is 25.7 Å². The zero-order chi connectivity index (χ0) is 14.4. The number of nitrogens with zero attached hydrogens (tertiary/aromatic N) is 2. The molecule has 20 heavy (non-hydrogen) atoms. The Bertz CT molecular complexity index is 550. The largest absolute Gasteiger partial charge is 0.349 e. The van der Waals surface area contributed by atoms with Crippen LogP contribution < -0.4 is 5.32 Å². The Morgan fingerprint density at radius 3 is 2.45 bits per heavy atom. The first-order valence-electron chi connectivity index (χ1n) is 6.61. The number of hydrogen-bond donors (Lipinski definition) is 1. The topological polar surface area (TPSA) is 45.2 Å². The molecule has 0 bridgehead atoms. The van der Waals surface area contributed by atoms with Crippen molar-refractivity contribution < 1.29 is 4.79 Å². The van der Waals surface area contributed by atoms with Crippen LogP contribution in [0, 0.1) is 0 Å². The van der Waals surface area contributed by atoms with Crippen LogP contribution in [0.1, 0.15) is 10.5 Å². The van der Waals surface area contributed by atoms with Gasteiger partial charge in [0.05, 0.1) is 0 Å². The molecule has 2 aromatic rings. The first kappa shape index (κ1) is 14.2. The van der Waals surface area contributed by atoms with Crippen LogP contribution in [0.15, 0.2) is 48.7 Å². The Kier molecular flexibility index (Phi) is 4.85. The van der Waals surface area contributed by atoms with Crippen molar-refractivity contribution in [2.24, 2.45) is 0 Å². The third-order valence-corrected chi connectivity index (χ3v) is 2.95. The lowest BCUT2D eigenvalue weighted by Gasteiger charge is -2.10. The second kappa shape index (κ2) is 6.82. The van der Waals surface area contributed by atoms with Gasteiger partial charge in [0.25, 0.3) is 5.91 Å². The van der Waals surface area contributed by atoms with Gasteiger partial charge in [0.1, 0.15) is 5.69 Å². The maximum absolute atomic E-state index is 11.9. The molecule has 0 atom stereocenters. The lowest BCUT2D eigenvalue weighted by Crippen LogP contribution is -2.31. The second-order valence-electron chi connectivity index (χ2n) is 4.86. The maximum Gasteiger partial charge on any atom is 0.269 e. The Balaban J connectivity index is 1.99. The SMILES string of the molecule is CN(C)CCNC(=O)c1ccc(-c2ccccc2)cn1. The summed E-state index contributed by atoms with van der Waals surface area (Å²) >= 11 is 0. The van der Waals surface area contributed by atoms with Gasteiger partial charge in [-0.2, -0.15) is 0 Å². The normalized spacial score (nSPS) is 10.6. The van der Waals surface area contributed by atoms with E-state index in [0.29, 0.717) is 12.2 Å². The molecule has 4 nitrogen and oxygen atoms in total. The van der Waals surface area contributed by atoms with Gasteiger partial charge in [0.15, 0.2) is 0 Å². The fraction of sp³-hybridized carbons (Fsp3) is 0.250. The molecular formula is C16H19N3O.